The molecule has 11 heteroatoms. The number of phenols is 1. The molecule has 1 atom stereocenters. The highest BCUT2D eigenvalue weighted by molar-refractivity contribution is 5.93. The Morgan fingerprint density at radius 2 is 1.73 bits per heavy atom. The Morgan fingerprint density at radius 3 is 2.30 bits per heavy atom. The van der Waals surface area contributed by atoms with E-state index in [1.807, 2.05) is 0 Å². The van der Waals surface area contributed by atoms with Crippen molar-refractivity contribution in [2.45, 2.75) is 18.8 Å². The number of hydrogen-bond acceptors (Lipinski definition) is 5. The van der Waals surface area contributed by atoms with Gasteiger partial charge in [-0.25, -0.2) is 4.79 Å². The summed E-state index contributed by atoms with van der Waals surface area (Å²) in [6, 6.07) is 10.4. The normalized spacial score (nSPS) is 11.7. The average Bonchev–Trinajstić information content (AvgIpc) is 2.67. The highest BCUT2D eigenvalue weighted by Gasteiger charge is 2.31. The van der Waals surface area contributed by atoms with Gasteiger partial charge in [0.1, 0.15) is 24.1 Å². The number of anilines is 1. The van der Waals surface area contributed by atoms with E-state index in [2.05, 4.69) is 20.7 Å². The van der Waals surface area contributed by atoms with Crippen molar-refractivity contribution in [1.29, 1.82) is 5.26 Å². The smallest absolute Gasteiger partial charge is 0.508 e. The molecular weight excluding hydrogens is 405 g/mol. The molecule has 0 aliphatic rings. The van der Waals surface area contributed by atoms with Crippen LogP contribution in [0.4, 0.5) is 23.7 Å². The Hall–Kier alpha value is -3.94. The lowest BCUT2D eigenvalue weighted by molar-refractivity contribution is -0.274. The summed E-state index contributed by atoms with van der Waals surface area (Å²) < 4.78 is 40.3. The Balaban J connectivity index is 2.03. The fraction of sp³-hybridized carbons (Fsp3) is 0.211. The van der Waals surface area contributed by atoms with Crippen molar-refractivity contribution in [2.75, 3.05) is 11.9 Å². The van der Waals surface area contributed by atoms with E-state index in [1.165, 1.54) is 24.3 Å². The molecule has 0 bridgehead atoms. The number of phenolic OH excluding ortho intramolecular Hbond substituents is 1. The van der Waals surface area contributed by atoms with Crippen LogP contribution in [-0.2, 0) is 11.2 Å². The van der Waals surface area contributed by atoms with Crippen LogP contribution in [0.3, 0.4) is 0 Å². The molecule has 0 saturated carbocycles. The second-order valence-corrected chi connectivity index (χ2v) is 5.97. The Morgan fingerprint density at radius 1 is 1.10 bits per heavy atom. The maximum absolute atomic E-state index is 12.3. The second-order valence-electron chi connectivity index (χ2n) is 5.97. The summed E-state index contributed by atoms with van der Waals surface area (Å²) >= 11 is 0. The maximum atomic E-state index is 12.3. The molecule has 8 nitrogen and oxygen atoms in total. The first-order valence-corrected chi connectivity index (χ1v) is 8.52. The molecule has 158 valence electrons. The number of nitrogens with one attached hydrogen (secondary N) is 3. The number of amides is 3. The largest absolute Gasteiger partial charge is 0.573 e. The molecule has 0 aliphatic carbocycles. The van der Waals surface area contributed by atoms with E-state index in [0.717, 1.165) is 12.1 Å². The summed E-state index contributed by atoms with van der Waals surface area (Å²) in [5.41, 5.74) is 0.807. The Labute approximate surface area is 169 Å². The lowest BCUT2D eigenvalue weighted by atomic mass is 10.1. The van der Waals surface area contributed by atoms with E-state index in [0.29, 0.717) is 5.56 Å². The fourth-order valence-corrected chi connectivity index (χ4v) is 2.39. The number of carbonyl (C=O) groups excluding carboxylic acids is 2. The lowest BCUT2D eigenvalue weighted by Crippen LogP contribution is -2.49. The van der Waals surface area contributed by atoms with Crippen LogP contribution in [0.1, 0.15) is 5.56 Å². The fourth-order valence-electron chi connectivity index (χ4n) is 2.39. The topological polar surface area (TPSA) is 123 Å². The van der Waals surface area contributed by atoms with Crippen molar-refractivity contribution in [2.24, 2.45) is 0 Å². The van der Waals surface area contributed by atoms with Crippen molar-refractivity contribution in [1.82, 2.24) is 10.6 Å². The third kappa shape index (κ3) is 7.59. The van der Waals surface area contributed by atoms with E-state index in [9.17, 15) is 27.9 Å². The molecule has 4 N–H and O–H groups in total. The van der Waals surface area contributed by atoms with Crippen molar-refractivity contribution in [3.63, 3.8) is 0 Å². The number of carbonyl (C=O) groups is 2. The number of ether oxygens (including phenoxy) is 1. The van der Waals surface area contributed by atoms with E-state index in [-0.39, 0.29) is 24.4 Å². The number of alkyl halides is 3. The molecular formula is C19H17F3N4O4. The van der Waals surface area contributed by atoms with Crippen LogP contribution in [0.15, 0.2) is 48.5 Å². The number of rotatable bonds is 7. The standard InChI is InChI=1S/C19H17F3N4O4/c20-19(21,22)30-15-7-3-13(4-8-15)25-18(29)26-16(17(28)24-10-9-23)11-12-1-5-14(27)6-2-12/h1-8,16,27H,10-11H2,(H,24,28)(H2,25,26,29). The minimum absolute atomic E-state index is 0.0351. The Bertz CT molecular complexity index is 909. The van der Waals surface area contributed by atoms with Gasteiger partial charge in [-0.05, 0) is 42.0 Å². The van der Waals surface area contributed by atoms with Crippen LogP contribution in [-0.4, -0.2) is 36.0 Å². The summed E-state index contributed by atoms with van der Waals surface area (Å²) in [6.07, 6.45) is -4.76. The molecule has 3 amide bonds. The first kappa shape index (κ1) is 22.4. The molecule has 2 aromatic rings. The van der Waals surface area contributed by atoms with Crippen LogP contribution >= 0.6 is 0 Å². The molecule has 0 aliphatic heterocycles. The van der Waals surface area contributed by atoms with Crippen LogP contribution in [0.5, 0.6) is 11.5 Å². The molecule has 0 saturated heterocycles. The summed E-state index contributed by atoms with van der Waals surface area (Å²) in [5, 5.41) is 25.1. The number of benzene rings is 2. The number of hydrogen-bond donors (Lipinski definition) is 4. The number of halogens is 3. The second kappa shape index (κ2) is 10.0. The van der Waals surface area contributed by atoms with E-state index in [1.54, 1.807) is 18.2 Å². The molecule has 2 rings (SSSR count). The van der Waals surface area contributed by atoms with Gasteiger partial charge in [-0.2, -0.15) is 5.26 Å². The highest BCUT2D eigenvalue weighted by atomic mass is 19.4. The number of aromatic hydroxyl groups is 1. The number of nitrogens with zero attached hydrogens (tertiary/aromatic N) is 1. The van der Waals surface area contributed by atoms with Gasteiger partial charge in [-0.15, -0.1) is 13.2 Å². The van der Waals surface area contributed by atoms with Gasteiger partial charge in [0.15, 0.2) is 0 Å². The molecule has 0 fully saturated rings. The summed E-state index contributed by atoms with van der Waals surface area (Å²) in [7, 11) is 0. The monoisotopic (exact) mass is 422 g/mol. The molecule has 30 heavy (non-hydrogen) atoms. The zero-order chi connectivity index (χ0) is 22.1. The third-order valence-corrected chi connectivity index (χ3v) is 3.69. The van der Waals surface area contributed by atoms with Crippen molar-refractivity contribution in [3.8, 4) is 17.6 Å². The third-order valence-electron chi connectivity index (χ3n) is 3.69. The van der Waals surface area contributed by atoms with Crippen LogP contribution < -0.4 is 20.7 Å². The van der Waals surface area contributed by atoms with Crippen LogP contribution in [0.2, 0.25) is 0 Å². The van der Waals surface area contributed by atoms with E-state index < -0.39 is 30.1 Å². The Kier molecular flexibility index (Phi) is 7.46. The first-order valence-electron chi connectivity index (χ1n) is 8.52. The highest BCUT2D eigenvalue weighted by Crippen LogP contribution is 2.24. The molecule has 0 aromatic heterocycles. The summed E-state index contributed by atoms with van der Waals surface area (Å²) in [6.45, 7) is -0.255. The maximum Gasteiger partial charge on any atom is 0.573 e. The van der Waals surface area contributed by atoms with Gasteiger partial charge in [-0.3, -0.25) is 4.79 Å². The van der Waals surface area contributed by atoms with Gasteiger partial charge < -0.3 is 25.8 Å². The van der Waals surface area contributed by atoms with Crippen molar-refractivity contribution in [3.05, 3.63) is 54.1 Å². The zero-order valence-electron chi connectivity index (χ0n) is 15.4. The predicted molar refractivity (Wildman–Crippen MR) is 99.5 cm³/mol. The van der Waals surface area contributed by atoms with Crippen molar-refractivity contribution >= 4 is 17.6 Å². The summed E-state index contributed by atoms with van der Waals surface area (Å²) in [5.74, 6) is -1.02. The van der Waals surface area contributed by atoms with E-state index in [4.69, 9.17) is 5.26 Å². The van der Waals surface area contributed by atoms with Gasteiger partial charge in [0.25, 0.3) is 0 Å². The number of nitriles is 1. The SMILES string of the molecule is N#CCNC(=O)C(Cc1ccc(O)cc1)NC(=O)Nc1ccc(OC(F)(F)F)cc1. The van der Waals surface area contributed by atoms with Crippen molar-refractivity contribution < 1.29 is 32.6 Å². The lowest BCUT2D eigenvalue weighted by Gasteiger charge is -2.18. The van der Waals surface area contributed by atoms with Crippen LogP contribution in [0.25, 0.3) is 0 Å². The molecule has 2 aromatic carbocycles. The van der Waals surface area contributed by atoms with Crippen LogP contribution in [0, 0.1) is 11.3 Å². The van der Waals surface area contributed by atoms with E-state index >= 15 is 0 Å². The molecule has 0 radical (unpaired) electrons. The molecule has 0 spiro atoms. The van der Waals surface area contributed by atoms with Gasteiger partial charge in [0.05, 0.1) is 6.07 Å². The number of urea groups is 1. The van der Waals surface area contributed by atoms with Gasteiger partial charge >= 0.3 is 12.4 Å². The average molecular weight is 422 g/mol. The molecule has 1 unspecified atom stereocenters. The summed E-state index contributed by atoms with van der Waals surface area (Å²) in [4.78, 5) is 24.5. The predicted octanol–water partition coefficient (Wildman–Crippen LogP) is 2.66. The minimum Gasteiger partial charge on any atom is -0.508 e. The molecule has 0 heterocycles. The minimum atomic E-state index is -4.83. The zero-order valence-corrected chi connectivity index (χ0v) is 15.4. The first-order chi connectivity index (χ1) is 14.2. The van der Waals surface area contributed by atoms with Gasteiger partial charge in [-0.1, -0.05) is 12.1 Å². The van der Waals surface area contributed by atoms with Gasteiger partial charge in [0.2, 0.25) is 5.91 Å². The quantitative estimate of drug-likeness (QED) is 0.511. The van der Waals surface area contributed by atoms with Gasteiger partial charge in [0, 0.05) is 12.1 Å².